The van der Waals surface area contributed by atoms with Gasteiger partial charge in [0.1, 0.15) is 11.4 Å². The maximum Gasteiger partial charge on any atom is 0.342 e. The number of hydrogen-bond acceptors (Lipinski definition) is 5. The quantitative estimate of drug-likeness (QED) is 0.689. The first kappa shape index (κ1) is 17.8. The Morgan fingerprint density at radius 1 is 1.19 bits per heavy atom. The number of pyridine rings is 2. The molecular formula is C20H20FN3O2. The number of rotatable bonds is 4. The van der Waals surface area contributed by atoms with Gasteiger partial charge in [0.15, 0.2) is 5.65 Å². The molecule has 0 aliphatic heterocycles. The molecule has 134 valence electrons. The molecule has 0 amide bonds. The Labute approximate surface area is 151 Å². The molecule has 3 rings (SSSR count). The summed E-state index contributed by atoms with van der Waals surface area (Å²) in [6, 6.07) is 8.49. The summed E-state index contributed by atoms with van der Waals surface area (Å²) in [4.78, 5) is 21.2. The lowest BCUT2D eigenvalue weighted by Crippen LogP contribution is -2.14. The van der Waals surface area contributed by atoms with Crippen LogP contribution in [0.1, 0.15) is 35.5 Å². The minimum atomic E-state index is -0.495. The van der Waals surface area contributed by atoms with Crippen molar-refractivity contribution in [2.24, 2.45) is 0 Å². The van der Waals surface area contributed by atoms with Gasteiger partial charge in [0, 0.05) is 23.0 Å². The van der Waals surface area contributed by atoms with Crippen LogP contribution in [-0.2, 0) is 4.74 Å². The van der Waals surface area contributed by atoms with Crippen molar-refractivity contribution >= 4 is 28.4 Å². The first-order chi connectivity index (χ1) is 12.3. The molecule has 1 aromatic carbocycles. The number of benzene rings is 1. The van der Waals surface area contributed by atoms with Gasteiger partial charge in [0.05, 0.1) is 11.8 Å². The summed E-state index contributed by atoms with van der Waals surface area (Å²) in [5, 5.41) is 3.80. The highest BCUT2D eigenvalue weighted by Gasteiger charge is 2.19. The fourth-order valence-corrected chi connectivity index (χ4v) is 2.55. The SMILES string of the molecule is Cc1ccc2c(Nc3ccc(C)c(F)c3)c(C(=O)OC(C)C)cnc2n1. The van der Waals surface area contributed by atoms with E-state index in [1.165, 1.54) is 12.3 Å². The lowest BCUT2D eigenvalue weighted by Gasteiger charge is -2.15. The molecule has 0 spiro atoms. The van der Waals surface area contributed by atoms with Crippen molar-refractivity contribution in [1.82, 2.24) is 9.97 Å². The minimum absolute atomic E-state index is 0.265. The number of hydrogen-bond donors (Lipinski definition) is 1. The summed E-state index contributed by atoms with van der Waals surface area (Å²) >= 11 is 0. The summed E-state index contributed by atoms with van der Waals surface area (Å²) in [6.07, 6.45) is 1.17. The average molecular weight is 353 g/mol. The zero-order chi connectivity index (χ0) is 18.8. The maximum absolute atomic E-state index is 13.9. The number of nitrogens with zero attached hydrogens (tertiary/aromatic N) is 2. The molecular weight excluding hydrogens is 333 g/mol. The van der Waals surface area contributed by atoms with E-state index >= 15 is 0 Å². The van der Waals surface area contributed by atoms with Gasteiger partial charge in [-0.15, -0.1) is 0 Å². The fourth-order valence-electron chi connectivity index (χ4n) is 2.55. The Hall–Kier alpha value is -3.02. The zero-order valence-corrected chi connectivity index (χ0v) is 15.1. The van der Waals surface area contributed by atoms with Crippen LogP contribution in [0.15, 0.2) is 36.5 Å². The van der Waals surface area contributed by atoms with Crippen molar-refractivity contribution in [3.63, 3.8) is 0 Å². The molecule has 0 unspecified atom stereocenters. The van der Waals surface area contributed by atoms with Crippen LogP contribution < -0.4 is 5.32 Å². The number of aromatic nitrogens is 2. The molecule has 0 fully saturated rings. The molecule has 0 atom stereocenters. The highest BCUT2D eigenvalue weighted by atomic mass is 19.1. The molecule has 1 N–H and O–H groups in total. The number of anilines is 2. The van der Waals surface area contributed by atoms with Gasteiger partial charge in [-0.25, -0.2) is 19.2 Å². The number of esters is 1. The van der Waals surface area contributed by atoms with Crippen LogP contribution >= 0.6 is 0 Å². The third-order valence-electron chi connectivity index (χ3n) is 3.87. The Morgan fingerprint density at radius 3 is 2.65 bits per heavy atom. The number of halogens is 1. The molecule has 0 aliphatic carbocycles. The van der Waals surface area contributed by atoms with Crippen LogP contribution in [0.5, 0.6) is 0 Å². The first-order valence-corrected chi connectivity index (χ1v) is 8.35. The average Bonchev–Trinajstić information content (AvgIpc) is 2.57. The topological polar surface area (TPSA) is 64.1 Å². The largest absolute Gasteiger partial charge is 0.459 e. The number of carbonyl (C=O) groups is 1. The van der Waals surface area contributed by atoms with Gasteiger partial charge in [0.25, 0.3) is 0 Å². The lowest BCUT2D eigenvalue weighted by atomic mass is 10.1. The monoisotopic (exact) mass is 353 g/mol. The third kappa shape index (κ3) is 3.64. The standard InChI is InChI=1S/C20H20FN3O2/c1-11(2)26-20(25)16-10-22-19-15(8-6-13(4)23-19)18(16)24-14-7-5-12(3)17(21)9-14/h5-11H,1-4H3,(H,22,23,24). The number of nitrogens with one attached hydrogen (secondary N) is 1. The molecule has 26 heavy (non-hydrogen) atoms. The van der Waals surface area contributed by atoms with Crippen molar-refractivity contribution < 1.29 is 13.9 Å². The van der Waals surface area contributed by atoms with Crippen LogP contribution in [0.3, 0.4) is 0 Å². The highest BCUT2D eigenvalue weighted by Crippen LogP contribution is 2.30. The van der Waals surface area contributed by atoms with Gasteiger partial charge >= 0.3 is 5.97 Å². The molecule has 0 radical (unpaired) electrons. The summed E-state index contributed by atoms with van der Waals surface area (Å²) in [5.41, 5.74) is 3.16. The Bertz CT molecular complexity index is 986. The zero-order valence-electron chi connectivity index (χ0n) is 15.1. The number of fused-ring (bicyclic) bond motifs is 1. The number of ether oxygens (including phenoxy) is 1. The van der Waals surface area contributed by atoms with Crippen molar-refractivity contribution in [3.8, 4) is 0 Å². The first-order valence-electron chi connectivity index (χ1n) is 8.35. The number of aryl methyl sites for hydroxylation is 2. The van der Waals surface area contributed by atoms with Crippen molar-refractivity contribution in [2.75, 3.05) is 5.32 Å². The van der Waals surface area contributed by atoms with Gasteiger partial charge < -0.3 is 10.1 Å². The van der Waals surface area contributed by atoms with E-state index in [1.54, 1.807) is 32.9 Å². The van der Waals surface area contributed by atoms with Gasteiger partial charge in [-0.05, 0) is 57.5 Å². The summed E-state index contributed by atoms with van der Waals surface area (Å²) in [6.45, 7) is 7.11. The summed E-state index contributed by atoms with van der Waals surface area (Å²) in [5.74, 6) is -0.821. The molecule has 2 heterocycles. The van der Waals surface area contributed by atoms with E-state index in [1.807, 2.05) is 19.1 Å². The smallest absolute Gasteiger partial charge is 0.342 e. The molecule has 0 saturated carbocycles. The molecule has 3 aromatic rings. The molecule has 0 saturated heterocycles. The second-order valence-corrected chi connectivity index (χ2v) is 6.41. The van der Waals surface area contributed by atoms with Gasteiger partial charge in [0.2, 0.25) is 0 Å². The number of carbonyl (C=O) groups excluding carboxylic acids is 1. The summed E-state index contributed by atoms with van der Waals surface area (Å²) < 4.78 is 19.2. The van der Waals surface area contributed by atoms with Crippen LogP contribution in [0.25, 0.3) is 11.0 Å². The Kier molecular flexibility index (Phi) is 4.84. The van der Waals surface area contributed by atoms with E-state index in [9.17, 15) is 9.18 Å². The molecule has 5 nitrogen and oxygen atoms in total. The normalized spacial score (nSPS) is 11.0. The van der Waals surface area contributed by atoms with E-state index in [0.717, 1.165) is 5.69 Å². The predicted molar refractivity (Wildman–Crippen MR) is 99.2 cm³/mol. The van der Waals surface area contributed by atoms with Crippen molar-refractivity contribution in [3.05, 3.63) is 59.2 Å². The van der Waals surface area contributed by atoms with Crippen molar-refractivity contribution in [2.45, 2.75) is 33.8 Å². The van der Waals surface area contributed by atoms with Crippen LogP contribution in [0.4, 0.5) is 15.8 Å². The van der Waals surface area contributed by atoms with Gasteiger partial charge in [-0.3, -0.25) is 0 Å². The second kappa shape index (κ2) is 7.07. The van der Waals surface area contributed by atoms with Crippen LogP contribution in [-0.4, -0.2) is 22.0 Å². The predicted octanol–water partition coefficient (Wildman–Crippen LogP) is 4.69. The van der Waals surface area contributed by atoms with Crippen LogP contribution in [0, 0.1) is 19.7 Å². The second-order valence-electron chi connectivity index (χ2n) is 6.41. The minimum Gasteiger partial charge on any atom is -0.459 e. The van der Waals surface area contributed by atoms with E-state index in [-0.39, 0.29) is 17.5 Å². The maximum atomic E-state index is 13.9. The molecule has 0 aliphatic rings. The van der Waals surface area contributed by atoms with Gasteiger partial charge in [-0.1, -0.05) is 6.07 Å². The molecule has 6 heteroatoms. The Morgan fingerprint density at radius 2 is 1.96 bits per heavy atom. The summed E-state index contributed by atoms with van der Waals surface area (Å²) in [7, 11) is 0. The van der Waals surface area contributed by atoms with E-state index in [4.69, 9.17) is 4.74 Å². The van der Waals surface area contributed by atoms with Crippen LogP contribution in [0.2, 0.25) is 0 Å². The Balaban J connectivity index is 2.14. The lowest BCUT2D eigenvalue weighted by molar-refractivity contribution is 0.0379. The van der Waals surface area contributed by atoms with E-state index < -0.39 is 5.97 Å². The third-order valence-corrected chi connectivity index (χ3v) is 3.87. The van der Waals surface area contributed by atoms with E-state index in [2.05, 4.69) is 15.3 Å². The highest BCUT2D eigenvalue weighted by molar-refractivity contribution is 6.05. The molecule has 0 bridgehead atoms. The molecule has 2 aromatic heterocycles. The van der Waals surface area contributed by atoms with Crippen molar-refractivity contribution in [1.29, 1.82) is 0 Å². The van der Waals surface area contributed by atoms with Gasteiger partial charge in [-0.2, -0.15) is 0 Å². The van der Waals surface area contributed by atoms with E-state index in [0.29, 0.717) is 28.0 Å². The fraction of sp³-hybridized carbons (Fsp3) is 0.250.